The highest BCUT2D eigenvalue weighted by Gasteiger charge is 2.43. The van der Waals surface area contributed by atoms with E-state index in [1.165, 1.54) is 12.7 Å². The Morgan fingerprint density at radius 3 is 2.82 bits per heavy atom. The number of methoxy groups -OCH3 is 1. The lowest BCUT2D eigenvalue weighted by Gasteiger charge is -2.41. The Balaban J connectivity index is 2.17. The molecule has 2 rings (SSSR count). The van der Waals surface area contributed by atoms with Gasteiger partial charge in [0.15, 0.2) is 12.4 Å². The maximum absolute atomic E-state index is 5.62. The summed E-state index contributed by atoms with van der Waals surface area (Å²) in [6.07, 6.45) is 2.80. The van der Waals surface area contributed by atoms with Gasteiger partial charge in [-0.3, -0.25) is 0 Å². The summed E-state index contributed by atoms with van der Waals surface area (Å²) in [7, 11) is 3.32. The minimum atomic E-state index is -0.162. The fraction of sp³-hybridized carbons (Fsp3) is 0.700. The van der Waals surface area contributed by atoms with E-state index >= 15 is 0 Å². The predicted molar refractivity (Wildman–Crippen MR) is 57.3 cm³/mol. The summed E-state index contributed by atoms with van der Waals surface area (Å²) in [5.41, 5.74) is 0. The Kier molecular flexibility index (Phi) is 3.95. The SMILES string of the molecule is COC1COCC[N+]1(Cc1ncncn1)OC. The van der Waals surface area contributed by atoms with E-state index in [0.717, 1.165) is 0 Å². The van der Waals surface area contributed by atoms with Crippen LogP contribution in [0.3, 0.4) is 0 Å². The minimum Gasteiger partial charge on any atom is -0.366 e. The molecule has 1 saturated heterocycles. The fourth-order valence-electron chi connectivity index (χ4n) is 1.98. The molecule has 2 heterocycles. The van der Waals surface area contributed by atoms with Crippen LogP contribution in [0.2, 0.25) is 0 Å². The highest BCUT2D eigenvalue weighted by atomic mass is 16.7. The Bertz CT molecular complexity index is 351. The van der Waals surface area contributed by atoms with Gasteiger partial charge in [-0.15, -0.1) is 4.65 Å². The van der Waals surface area contributed by atoms with E-state index in [-0.39, 0.29) is 6.23 Å². The third kappa shape index (κ3) is 2.58. The molecule has 0 radical (unpaired) electrons. The molecule has 0 N–H and O–H groups in total. The number of ether oxygens (including phenoxy) is 2. The number of morpholine rings is 1. The average molecular weight is 241 g/mol. The van der Waals surface area contributed by atoms with Crippen molar-refractivity contribution < 1.29 is 19.0 Å². The van der Waals surface area contributed by atoms with Crippen LogP contribution in [0.4, 0.5) is 0 Å². The van der Waals surface area contributed by atoms with Crippen LogP contribution in [0.5, 0.6) is 0 Å². The lowest BCUT2D eigenvalue weighted by Crippen LogP contribution is -2.61. The fourth-order valence-corrected chi connectivity index (χ4v) is 1.98. The first-order valence-corrected chi connectivity index (χ1v) is 5.44. The van der Waals surface area contributed by atoms with Crippen LogP contribution in [0.15, 0.2) is 12.7 Å². The smallest absolute Gasteiger partial charge is 0.247 e. The van der Waals surface area contributed by atoms with Crippen molar-refractivity contribution in [1.29, 1.82) is 0 Å². The zero-order valence-corrected chi connectivity index (χ0v) is 10.1. The minimum absolute atomic E-state index is 0.162. The molecule has 0 aliphatic carbocycles. The lowest BCUT2D eigenvalue weighted by atomic mass is 10.3. The number of hydrogen-bond acceptors (Lipinski definition) is 6. The molecule has 1 aromatic rings. The number of quaternary nitrogens is 1. The Labute approximate surface area is 99.9 Å². The van der Waals surface area contributed by atoms with Gasteiger partial charge in [0, 0.05) is 7.11 Å². The van der Waals surface area contributed by atoms with Gasteiger partial charge >= 0.3 is 0 Å². The molecule has 2 unspecified atom stereocenters. The van der Waals surface area contributed by atoms with E-state index in [1.807, 2.05) is 0 Å². The van der Waals surface area contributed by atoms with Crippen molar-refractivity contribution in [3.63, 3.8) is 0 Å². The standard InChI is InChI=1S/C10H17N4O3/c1-15-10-6-17-4-3-14(10,16-2)5-9-12-7-11-8-13-9/h7-8,10H,3-6H2,1-2H3/q+1. The van der Waals surface area contributed by atoms with Crippen LogP contribution < -0.4 is 0 Å². The molecule has 7 heteroatoms. The number of hydrogen-bond donors (Lipinski definition) is 0. The third-order valence-electron chi connectivity index (χ3n) is 2.99. The van der Waals surface area contributed by atoms with Crippen molar-refractivity contribution in [3.05, 3.63) is 18.5 Å². The van der Waals surface area contributed by atoms with E-state index in [0.29, 0.717) is 36.8 Å². The van der Waals surface area contributed by atoms with Crippen molar-refractivity contribution in [1.82, 2.24) is 15.0 Å². The predicted octanol–water partition coefficient (Wildman–Crippen LogP) is -0.248. The van der Waals surface area contributed by atoms with E-state index in [1.54, 1.807) is 14.2 Å². The van der Waals surface area contributed by atoms with Crippen LogP contribution in [0.25, 0.3) is 0 Å². The van der Waals surface area contributed by atoms with Crippen LogP contribution in [-0.4, -0.2) is 59.8 Å². The highest BCUT2D eigenvalue weighted by molar-refractivity contribution is 4.78. The number of hydroxylamine groups is 3. The molecule has 1 aliphatic heterocycles. The summed E-state index contributed by atoms with van der Waals surface area (Å²) in [5.74, 6) is 0.686. The Morgan fingerprint density at radius 1 is 1.41 bits per heavy atom. The first kappa shape index (κ1) is 12.3. The molecule has 1 aromatic heterocycles. The van der Waals surface area contributed by atoms with Gasteiger partial charge in [0.25, 0.3) is 0 Å². The monoisotopic (exact) mass is 241 g/mol. The van der Waals surface area contributed by atoms with Gasteiger partial charge in [-0.25, -0.2) is 19.8 Å². The van der Waals surface area contributed by atoms with E-state index in [2.05, 4.69) is 15.0 Å². The summed E-state index contributed by atoms with van der Waals surface area (Å²) in [5, 5.41) is 0. The zero-order valence-electron chi connectivity index (χ0n) is 10.1. The van der Waals surface area contributed by atoms with Crippen molar-refractivity contribution >= 4 is 0 Å². The second kappa shape index (κ2) is 5.46. The van der Waals surface area contributed by atoms with Crippen molar-refractivity contribution in [2.45, 2.75) is 12.8 Å². The van der Waals surface area contributed by atoms with Gasteiger partial charge in [0.05, 0.1) is 13.7 Å². The van der Waals surface area contributed by atoms with Crippen molar-refractivity contribution in [2.24, 2.45) is 0 Å². The lowest BCUT2D eigenvalue weighted by molar-refractivity contribution is -1.15. The molecule has 7 nitrogen and oxygen atoms in total. The second-order valence-corrected chi connectivity index (χ2v) is 3.84. The van der Waals surface area contributed by atoms with Gasteiger partial charge in [0.2, 0.25) is 6.23 Å². The summed E-state index contributed by atoms with van der Waals surface area (Å²) in [4.78, 5) is 17.7. The molecular formula is C10H17N4O3+. The van der Waals surface area contributed by atoms with Crippen molar-refractivity contribution in [3.8, 4) is 0 Å². The van der Waals surface area contributed by atoms with Gasteiger partial charge < -0.3 is 9.47 Å². The molecular weight excluding hydrogens is 224 g/mol. The zero-order chi connectivity index (χ0) is 12.1. The first-order valence-electron chi connectivity index (χ1n) is 5.44. The average Bonchev–Trinajstić information content (AvgIpc) is 2.40. The quantitative estimate of drug-likeness (QED) is 0.677. The van der Waals surface area contributed by atoms with Crippen LogP contribution >= 0.6 is 0 Å². The van der Waals surface area contributed by atoms with Gasteiger partial charge in [0.1, 0.15) is 25.8 Å². The molecule has 94 valence electrons. The Hall–Kier alpha value is -1.15. The first-order chi connectivity index (χ1) is 8.30. The third-order valence-corrected chi connectivity index (χ3v) is 2.99. The van der Waals surface area contributed by atoms with Gasteiger partial charge in [-0.1, -0.05) is 0 Å². The molecule has 0 saturated carbocycles. The number of aromatic nitrogens is 3. The van der Waals surface area contributed by atoms with Crippen LogP contribution in [0, 0.1) is 0 Å². The number of rotatable bonds is 4. The summed E-state index contributed by atoms with van der Waals surface area (Å²) in [6, 6.07) is 0. The van der Waals surface area contributed by atoms with E-state index in [9.17, 15) is 0 Å². The van der Waals surface area contributed by atoms with Gasteiger partial charge in [-0.05, 0) is 0 Å². The maximum Gasteiger partial charge on any atom is 0.247 e. The summed E-state index contributed by atoms with van der Waals surface area (Å²) < 4.78 is 11.1. The van der Waals surface area contributed by atoms with Crippen LogP contribution in [-0.2, 0) is 20.9 Å². The maximum atomic E-state index is 5.62. The van der Waals surface area contributed by atoms with Gasteiger partial charge in [-0.2, -0.15) is 0 Å². The molecule has 2 atom stereocenters. The highest BCUT2D eigenvalue weighted by Crippen LogP contribution is 2.22. The topological polar surface area (TPSA) is 66.4 Å². The molecule has 0 spiro atoms. The van der Waals surface area contributed by atoms with Crippen molar-refractivity contribution in [2.75, 3.05) is 34.0 Å². The molecule has 1 fully saturated rings. The Morgan fingerprint density at radius 2 is 2.18 bits per heavy atom. The summed E-state index contributed by atoms with van der Waals surface area (Å²) in [6.45, 7) is 2.40. The summed E-state index contributed by atoms with van der Waals surface area (Å²) >= 11 is 0. The second-order valence-electron chi connectivity index (χ2n) is 3.84. The van der Waals surface area contributed by atoms with E-state index < -0.39 is 0 Å². The van der Waals surface area contributed by atoms with Crippen LogP contribution in [0.1, 0.15) is 5.82 Å². The molecule has 0 amide bonds. The largest absolute Gasteiger partial charge is 0.366 e. The normalized spacial score (nSPS) is 29.2. The molecule has 0 aromatic carbocycles. The molecule has 17 heavy (non-hydrogen) atoms. The van der Waals surface area contributed by atoms with E-state index in [4.69, 9.17) is 14.3 Å². The molecule has 1 aliphatic rings. The molecule has 0 bridgehead atoms. The number of nitrogens with zero attached hydrogens (tertiary/aromatic N) is 4.